The number of nitrogens with zero attached hydrogens (tertiary/aromatic N) is 1. The van der Waals surface area contributed by atoms with Crippen LogP contribution in [0.25, 0.3) is 0 Å². The normalized spacial score (nSPS) is 20.8. The number of carbonyl (C=O) groups excluding carboxylic acids is 1. The lowest BCUT2D eigenvalue weighted by atomic mass is 9.86. The van der Waals surface area contributed by atoms with Gasteiger partial charge in [-0.05, 0) is 0 Å². The van der Waals surface area contributed by atoms with Gasteiger partial charge in [-0.1, -0.05) is 13.0 Å². The van der Waals surface area contributed by atoms with E-state index in [2.05, 4.69) is 0 Å². The molecule has 0 spiro atoms. The zero-order valence-electron chi connectivity index (χ0n) is 6.83. The van der Waals surface area contributed by atoms with E-state index in [0.29, 0.717) is 13.2 Å². The maximum absolute atomic E-state index is 10.6. The summed E-state index contributed by atoms with van der Waals surface area (Å²) in [5, 5.41) is 8.52. The van der Waals surface area contributed by atoms with Gasteiger partial charge in [0, 0.05) is 5.41 Å². The molecule has 4 nitrogen and oxygen atoms in total. The van der Waals surface area contributed by atoms with Crippen molar-refractivity contribution < 1.29 is 9.53 Å². The van der Waals surface area contributed by atoms with Gasteiger partial charge in [0.2, 0.25) is 0 Å². The smallest absolute Gasteiger partial charge is 0.259 e. The zero-order valence-corrected chi connectivity index (χ0v) is 6.83. The van der Waals surface area contributed by atoms with E-state index in [4.69, 9.17) is 15.7 Å². The molecule has 0 aromatic rings. The van der Waals surface area contributed by atoms with Crippen molar-refractivity contribution in [3.05, 3.63) is 11.6 Å². The molecule has 0 aliphatic carbocycles. The number of carbonyl (C=O) groups is 1. The zero-order chi connectivity index (χ0) is 9.19. The van der Waals surface area contributed by atoms with Gasteiger partial charge in [-0.2, -0.15) is 5.26 Å². The van der Waals surface area contributed by atoms with Crippen molar-refractivity contribution in [3.8, 4) is 6.07 Å². The molecular weight excluding hydrogens is 156 g/mol. The van der Waals surface area contributed by atoms with Gasteiger partial charge in [-0.3, -0.25) is 4.79 Å². The average molecular weight is 166 g/mol. The first-order chi connectivity index (χ1) is 5.57. The van der Waals surface area contributed by atoms with Gasteiger partial charge in [0.05, 0.1) is 13.2 Å². The van der Waals surface area contributed by atoms with Crippen LogP contribution in [0.1, 0.15) is 6.92 Å². The Labute approximate surface area is 70.6 Å². The molecule has 1 fully saturated rings. The van der Waals surface area contributed by atoms with E-state index in [-0.39, 0.29) is 11.0 Å². The number of primary amides is 1. The summed E-state index contributed by atoms with van der Waals surface area (Å²) in [6.07, 6.45) is 1.58. The quantitative estimate of drug-likeness (QED) is 0.462. The molecule has 2 N–H and O–H groups in total. The highest BCUT2D eigenvalue weighted by Crippen LogP contribution is 2.29. The molecule has 0 unspecified atom stereocenters. The fourth-order valence-corrected chi connectivity index (χ4v) is 1.01. The SMILES string of the molecule is CC1(/C=C(/C#N)C(N)=O)COC1. The first-order valence-corrected chi connectivity index (χ1v) is 3.58. The van der Waals surface area contributed by atoms with Crippen molar-refractivity contribution in [1.29, 1.82) is 5.26 Å². The molecule has 0 aromatic carbocycles. The van der Waals surface area contributed by atoms with Crippen molar-refractivity contribution in [2.75, 3.05) is 13.2 Å². The number of ether oxygens (including phenoxy) is 1. The van der Waals surface area contributed by atoms with Crippen molar-refractivity contribution in [3.63, 3.8) is 0 Å². The number of nitriles is 1. The molecule has 1 aliphatic rings. The first-order valence-electron chi connectivity index (χ1n) is 3.58. The Morgan fingerprint density at radius 3 is 2.58 bits per heavy atom. The predicted molar refractivity (Wildman–Crippen MR) is 41.8 cm³/mol. The molecule has 0 bridgehead atoms. The van der Waals surface area contributed by atoms with Gasteiger partial charge in [0.1, 0.15) is 11.6 Å². The van der Waals surface area contributed by atoms with Gasteiger partial charge < -0.3 is 10.5 Å². The minimum atomic E-state index is -0.675. The van der Waals surface area contributed by atoms with Crippen LogP contribution in [0.3, 0.4) is 0 Å². The van der Waals surface area contributed by atoms with Gasteiger partial charge in [-0.25, -0.2) is 0 Å². The Morgan fingerprint density at radius 1 is 1.75 bits per heavy atom. The Balaban J connectivity index is 2.78. The lowest BCUT2D eigenvalue weighted by molar-refractivity contribution is -0.114. The second-order valence-electron chi connectivity index (χ2n) is 3.18. The molecule has 64 valence electrons. The van der Waals surface area contributed by atoms with E-state index in [0.717, 1.165) is 0 Å². The summed E-state index contributed by atoms with van der Waals surface area (Å²) in [5.41, 5.74) is 4.80. The van der Waals surface area contributed by atoms with Gasteiger partial charge in [0.25, 0.3) is 5.91 Å². The first kappa shape index (κ1) is 8.75. The van der Waals surface area contributed by atoms with Crippen LogP contribution in [0.2, 0.25) is 0 Å². The standard InChI is InChI=1S/C8H10N2O2/c1-8(4-12-5-8)2-6(3-9)7(10)11/h2H,4-5H2,1H3,(H2,10,11)/b6-2-. The van der Waals surface area contributed by atoms with Gasteiger partial charge in [-0.15, -0.1) is 0 Å². The lowest BCUT2D eigenvalue weighted by Crippen LogP contribution is -2.38. The van der Waals surface area contributed by atoms with Crippen LogP contribution in [0.4, 0.5) is 0 Å². The predicted octanol–water partition coefficient (Wildman–Crippen LogP) is -0.0418. The third kappa shape index (κ3) is 1.63. The highest BCUT2D eigenvalue weighted by Gasteiger charge is 2.32. The molecule has 1 aliphatic heterocycles. The Bertz CT molecular complexity index is 271. The van der Waals surface area contributed by atoms with E-state index in [1.807, 2.05) is 6.92 Å². The number of nitrogens with two attached hydrogens (primary N) is 1. The van der Waals surface area contributed by atoms with Crippen molar-refractivity contribution in [2.45, 2.75) is 6.92 Å². The van der Waals surface area contributed by atoms with Crippen LogP contribution in [-0.2, 0) is 9.53 Å². The third-order valence-electron chi connectivity index (χ3n) is 1.74. The van der Waals surface area contributed by atoms with Crippen molar-refractivity contribution >= 4 is 5.91 Å². The second kappa shape index (κ2) is 2.95. The van der Waals surface area contributed by atoms with Gasteiger partial charge >= 0.3 is 0 Å². The maximum Gasteiger partial charge on any atom is 0.259 e. The minimum Gasteiger partial charge on any atom is -0.379 e. The average Bonchev–Trinajstić information content (AvgIpc) is 1.96. The van der Waals surface area contributed by atoms with Crippen LogP contribution in [0.15, 0.2) is 11.6 Å². The van der Waals surface area contributed by atoms with Crippen LogP contribution in [0.5, 0.6) is 0 Å². The maximum atomic E-state index is 10.6. The Hall–Kier alpha value is -1.34. The van der Waals surface area contributed by atoms with Crippen LogP contribution >= 0.6 is 0 Å². The molecule has 0 aromatic heterocycles. The number of hydrogen-bond donors (Lipinski definition) is 1. The molecule has 1 saturated heterocycles. The molecule has 4 heteroatoms. The molecule has 0 saturated carbocycles. The molecule has 12 heavy (non-hydrogen) atoms. The third-order valence-corrected chi connectivity index (χ3v) is 1.74. The summed E-state index contributed by atoms with van der Waals surface area (Å²) in [6.45, 7) is 3.01. The number of hydrogen-bond acceptors (Lipinski definition) is 3. The van der Waals surface area contributed by atoms with Crippen molar-refractivity contribution in [2.24, 2.45) is 11.1 Å². The number of rotatable bonds is 2. The van der Waals surface area contributed by atoms with Crippen molar-refractivity contribution in [1.82, 2.24) is 0 Å². The summed E-state index contributed by atoms with van der Waals surface area (Å²) >= 11 is 0. The van der Waals surface area contributed by atoms with Crippen LogP contribution in [-0.4, -0.2) is 19.1 Å². The highest BCUT2D eigenvalue weighted by molar-refractivity contribution is 5.96. The molecular formula is C8H10N2O2. The Kier molecular flexibility index (Phi) is 2.15. The fourth-order valence-electron chi connectivity index (χ4n) is 1.01. The van der Waals surface area contributed by atoms with E-state index in [1.165, 1.54) is 0 Å². The number of amides is 1. The van der Waals surface area contributed by atoms with E-state index < -0.39 is 5.91 Å². The summed E-state index contributed by atoms with van der Waals surface area (Å²) in [6, 6.07) is 1.76. The van der Waals surface area contributed by atoms with E-state index in [1.54, 1.807) is 12.1 Å². The summed E-state index contributed by atoms with van der Waals surface area (Å²) in [7, 11) is 0. The highest BCUT2D eigenvalue weighted by atomic mass is 16.5. The Morgan fingerprint density at radius 2 is 2.33 bits per heavy atom. The minimum absolute atomic E-state index is 0.0146. The topological polar surface area (TPSA) is 76.1 Å². The van der Waals surface area contributed by atoms with Crippen LogP contribution in [0, 0.1) is 16.7 Å². The second-order valence-corrected chi connectivity index (χ2v) is 3.18. The molecule has 1 heterocycles. The van der Waals surface area contributed by atoms with Crippen LogP contribution < -0.4 is 5.73 Å². The molecule has 1 amide bonds. The molecule has 0 atom stereocenters. The summed E-state index contributed by atoms with van der Waals surface area (Å²) in [4.78, 5) is 10.6. The van der Waals surface area contributed by atoms with Gasteiger partial charge in [0.15, 0.2) is 0 Å². The largest absolute Gasteiger partial charge is 0.379 e. The lowest BCUT2D eigenvalue weighted by Gasteiger charge is -2.35. The fraction of sp³-hybridized carbons (Fsp3) is 0.500. The summed E-state index contributed by atoms with van der Waals surface area (Å²) in [5.74, 6) is -0.675. The van der Waals surface area contributed by atoms with E-state index >= 15 is 0 Å². The molecule has 0 radical (unpaired) electrons. The summed E-state index contributed by atoms with van der Waals surface area (Å²) < 4.78 is 4.96. The monoisotopic (exact) mass is 166 g/mol. The molecule has 1 rings (SSSR count). The van der Waals surface area contributed by atoms with E-state index in [9.17, 15) is 4.79 Å².